The molecule has 2 atom stereocenters. The zero-order chi connectivity index (χ0) is 13.8. The minimum Gasteiger partial charge on any atom is -0.480 e. The van der Waals surface area contributed by atoms with Gasteiger partial charge in [0, 0.05) is 19.2 Å². The quantitative estimate of drug-likeness (QED) is 0.610. The highest BCUT2D eigenvalue weighted by Crippen LogP contribution is 2.19. The SMILES string of the molecule is CC1CCCCN1S(=O)(=O)NC(CCO)C(=O)O. The molecule has 3 N–H and O–H groups in total. The Hall–Kier alpha value is -0.700. The van der Waals surface area contributed by atoms with Crippen molar-refractivity contribution in [3.05, 3.63) is 0 Å². The molecule has 106 valence electrons. The number of rotatable bonds is 6. The van der Waals surface area contributed by atoms with Crippen LogP contribution >= 0.6 is 0 Å². The van der Waals surface area contributed by atoms with Gasteiger partial charge in [-0.3, -0.25) is 4.79 Å². The van der Waals surface area contributed by atoms with E-state index < -0.39 is 22.2 Å². The van der Waals surface area contributed by atoms with E-state index in [4.69, 9.17) is 10.2 Å². The van der Waals surface area contributed by atoms with Gasteiger partial charge in [-0.05, 0) is 26.2 Å². The summed E-state index contributed by atoms with van der Waals surface area (Å²) in [6.07, 6.45) is 2.39. The van der Waals surface area contributed by atoms with E-state index in [0.29, 0.717) is 6.54 Å². The van der Waals surface area contributed by atoms with Crippen molar-refractivity contribution in [1.29, 1.82) is 0 Å². The van der Waals surface area contributed by atoms with E-state index in [1.807, 2.05) is 0 Å². The summed E-state index contributed by atoms with van der Waals surface area (Å²) >= 11 is 0. The largest absolute Gasteiger partial charge is 0.480 e. The third-order valence-corrected chi connectivity index (χ3v) is 4.80. The normalized spacial score (nSPS) is 23.8. The number of nitrogens with one attached hydrogen (secondary N) is 1. The van der Waals surface area contributed by atoms with Crippen LogP contribution in [-0.2, 0) is 15.0 Å². The Balaban J connectivity index is 2.75. The second-order valence-electron chi connectivity index (χ2n) is 4.48. The van der Waals surface area contributed by atoms with Crippen LogP contribution < -0.4 is 4.72 Å². The molecule has 0 aromatic heterocycles. The van der Waals surface area contributed by atoms with Crippen molar-refractivity contribution >= 4 is 16.2 Å². The average molecular weight is 280 g/mol. The van der Waals surface area contributed by atoms with Crippen LogP contribution in [0.25, 0.3) is 0 Å². The van der Waals surface area contributed by atoms with Crippen molar-refractivity contribution in [3.63, 3.8) is 0 Å². The summed E-state index contributed by atoms with van der Waals surface area (Å²) in [4.78, 5) is 10.9. The Morgan fingerprint density at radius 1 is 1.50 bits per heavy atom. The second kappa shape index (κ2) is 6.46. The number of hydrogen-bond acceptors (Lipinski definition) is 4. The van der Waals surface area contributed by atoms with Gasteiger partial charge >= 0.3 is 5.97 Å². The predicted molar refractivity (Wildman–Crippen MR) is 65.2 cm³/mol. The first kappa shape index (κ1) is 15.4. The van der Waals surface area contributed by atoms with E-state index >= 15 is 0 Å². The molecule has 0 amide bonds. The lowest BCUT2D eigenvalue weighted by atomic mass is 10.1. The molecule has 1 aliphatic heterocycles. The number of carbonyl (C=O) groups is 1. The molecule has 18 heavy (non-hydrogen) atoms. The van der Waals surface area contributed by atoms with Crippen molar-refractivity contribution in [2.75, 3.05) is 13.2 Å². The molecule has 1 fully saturated rings. The standard InChI is InChI=1S/C10H20N2O5S/c1-8-4-2-3-6-12(8)18(16,17)11-9(5-7-13)10(14)15/h8-9,11,13H,2-7H2,1H3,(H,14,15). The van der Waals surface area contributed by atoms with Crippen LogP contribution in [0.4, 0.5) is 0 Å². The first-order valence-electron chi connectivity index (χ1n) is 6.01. The lowest BCUT2D eigenvalue weighted by Gasteiger charge is -2.33. The van der Waals surface area contributed by atoms with Gasteiger partial charge in [-0.2, -0.15) is 17.4 Å². The summed E-state index contributed by atoms with van der Waals surface area (Å²) in [7, 11) is -3.81. The summed E-state index contributed by atoms with van der Waals surface area (Å²) in [5.74, 6) is -1.28. The highest BCUT2D eigenvalue weighted by molar-refractivity contribution is 7.87. The van der Waals surface area contributed by atoms with Gasteiger partial charge in [0.1, 0.15) is 6.04 Å². The molecule has 1 rings (SSSR count). The number of aliphatic hydroxyl groups is 1. The molecule has 0 radical (unpaired) electrons. The summed E-state index contributed by atoms with van der Waals surface area (Å²) in [5, 5.41) is 17.6. The van der Waals surface area contributed by atoms with Crippen molar-refractivity contribution in [2.24, 2.45) is 0 Å². The summed E-state index contributed by atoms with van der Waals surface area (Å²) in [6, 6.07) is -1.41. The van der Waals surface area contributed by atoms with Gasteiger partial charge in [-0.1, -0.05) is 6.42 Å². The number of nitrogens with zero attached hydrogens (tertiary/aromatic N) is 1. The number of piperidine rings is 1. The molecule has 7 nitrogen and oxygen atoms in total. The maximum Gasteiger partial charge on any atom is 0.321 e. The molecule has 1 saturated heterocycles. The Morgan fingerprint density at radius 2 is 2.17 bits per heavy atom. The Bertz CT molecular complexity index is 384. The van der Waals surface area contributed by atoms with Crippen LogP contribution in [0.15, 0.2) is 0 Å². The van der Waals surface area contributed by atoms with E-state index in [-0.39, 0.29) is 19.1 Å². The lowest BCUT2D eigenvalue weighted by Crippen LogP contribution is -2.52. The third kappa shape index (κ3) is 3.91. The Morgan fingerprint density at radius 3 is 2.67 bits per heavy atom. The second-order valence-corrected chi connectivity index (χ2v) is 6.14. The number of aliphatic hydroxyl groups excluding tert-OH is 1. The maximum atomic E-state index is 12.1. The predicted octanol–water partition coefficient (Wildman–Crippen LogP) is -0.469. The number of hydrogen-bond donors (Lipinski definition) is 3. The third-order valence-electron chi connectivity index (χ3n) is 3.06. The number of aliphatic carboxylic acids is 1. The number of carboxylic acid groups (broad SMARTS) is 1. The molecule has 0 aromatic rings. The molecule has 8 heteroatoms. The minimum atomic E-state index is -3.81. The van der Waals surface area contributed by atoms with Crippen LogP contribution in [-0.4, -0.2) is 54.1 Å². The molecule has 0 bridgehead atoms. The number of carboxylic acids is 1. The van der Waals surface area contributed by atoms with Gasteiger partial charge in [0.15, 0.2) is 0 Å². The first-order valence-corrected chi connectivity index (χ1v) is 7.45. The fraction of sp³-hybridized carbons (Fsp3) is 0.900. The van der Waals surface area contributed by atoms with Crippen LogP contribution in [0, 0.1) is 0 Å². The summed E-state index contributed by atoms with van der Waals surface area (Å²) in [6.45, 7) is 1.83. The van der Waals surface area contributed by atoms with Gasteiger partial charge in [0.2, 0.25) is 0 Å². The molecule has 1 aliphatic rings. The lowest BCUT2D eigenvalue weighted by molar-refractivity contribution is -0.139. The Kier molecular flexibility index (Phi) is 5.51. The van der Waals surface area contributed by atoms with E-state index in [2.05, 4.69) is 4.72 Å². The summed E-state index contributed by atoms with van der Waals surface area (Å²) < 4.78 is 27.5. The van der Waals surface area contributed by atoms with Crippen molar-refractivity contribution in [1.82, 2.24) is 9.03 Å². The first-order chi connectivity index (χ1) is 8.38. The fourth-order valence-corrected chi connectivity index (χ4v) is 3.70. The topological polar surface area (TPSA) is 107 Å². The van der Waals surface area contributed by atoms with Gasteiger partial charge < -0.3 is 10.2 Å². The smallest absolute Gasteiger partial charge is 0.321 e. The van der Waals surface area contributed by atoms with E-state index in [1.165, 1.54) is 4.31 Å². The average Bonchev–Trinajstić information content (AvgIpc) is 2.28. The summed E-state index contributed by atoms with van der Waals surface area (Å²) in [5.41, 5.74) is 0. The highest BCUT2D eigenvalue weighted by atomic mass is 32.2. The van der Waals surface area contributed by atoms with Crippen molar-refractivity contribution in [3.8, 4) is 0 Å². The van der Waals surface area contributed by atoms with Crippen LogP contribution in [0.3, 0.4) is 0 Å². The van der Waals surface area contributed by atoms with Crippen molar-refractivity contribution < 1.29 is 23.4 Å². The Labute approximate surface area is 107 Å². The van der Waals surface area contributed by atoms with E-state index in [1.54, 1.807) is 6.92 Å². The molecule has 0 spiro atoms. The van der Waals surface area contributed by atoms with Gasteiger partial charge in [-0.15, -0.1) is 0 Å². The zero-order valence-electron chi connectivity index (χ0n) is 10.4. The maximum absolute atomic E-state index is 12.1. The van der Waals surface area contributed by atoms with Gasteiger partial charge in [0.05, 0.1) is 0 Å². The monoisotopic (exact) mass is 280 g/mol. The van der Waals surface area contributed by atoms with Crippen molar-refractivity contribution in [2.45, 2.75) is 44.7 Å². The molecule has 2 unspecified atom stereocenters. The van der Waals surface area contributed by atoms with Gasteiger partial charge in [0.25, 0.3) is 10.2 Å². The van der Waals surface area contributed by atoms with Gasteiger partial charge in [-0.25, -0.2) is 0 Å². The molecule has 0 aromatic carbocycles. The molecule has 1 heterocycles. The van der Waals surface area contributed by atoms with E-state index in [9.17, 15) is 13.2 Å². The van der Waals surface area contributed by atoms with Crippen LogP contribution in [0.5, 0.6) is 0 Å². The van der Waals surface area contributed by atoms with E-state index in [0.717, 1.165) is 19.3 Å². The molecule has 0 aliphatic carbocycles. The molecule has 0 saturated carbocycles. The van der Waals surface area contributed by atoms with Crippen LogP contribution in [0.2, 0.25) is 0 Å². The molecular formula is C10H20N2O5S. The fourth-order valence-electron chi connectivity index (χ4n) is 2.04. The highest BCUT2D eigenvalue weighted by Gasteiger charge is 2.32. The zero-order valence-corrected chi connectivity index (χ0v) is 11.2. The van der Waals surface area contributed by atoms with Crippen LogP contribution in [0.1, 0.15) is 32.6 Å². The molecular weight excluding hydrogens is 260 g/mol. The minimum absolute atomic E-state index is 0.125.